The molecule has 1 fully saturated rings. The van der Waals surface area contributed by atoms with Gasteiger partial charge in [0.1, 0.15) is 22.1 Å². The van der Waals surface area contributed by atoms with Gasteiger partial charge in [-0.1, -0.05) is 29.8 Å². The number of hydrogen-bond acceptors (Lipinski definition) is 9. The molecule has 3 aromatic carbocycles. The van der Waals surface area contributed by atoms with Crippen LogP contribution in [0, 0.1) is 0 Å². The molecule has 3 atom stereocenters. The van der Waals surface area contributed by atoms with Crippen molar-refractivity contribution in [3.8, 4) is 17.2 Å². The van der Waals surface area contributed by atoms with Crippen LogP contribution in [0.4, 0.5) is 5.69 Å². The fraction of sp³-hybridized carbons (Fsp3) is 0.333. The molecule has 2 heterocycles. The number of likely N-dealkylation sites (tertiary alicyclic amines) is 1. The van der Waals surface area contributed by atoms with E-state index in [1.807, 2.05) is 0 Å². The zero-order valence-electron chi connectivity index (χ0n) is 24.3. The number of β-amino-alcohol motifs (C(OH)–C–C–N with tert-alkyl or cyclic N) is 1. The minimum absolute atomic E-state index is 0.0240. The Labute approximate surface area is 255 Å². The Hall–Kier alpha value is -3.84. The number of para-hydroxylation sites is 1. The van der Waals surface area contributed by atoms with Crippen molar-refractivity contribution in [3.63, 3.8) is 0 Å². The van der Waals surface area contributed by atoms with Crippen molar-refractivity contribution in [1.29, 1.82) is 0 Å². The van der Waals surface area contributed by atoms with Gasteiger partial charge in [0.25, 0.3) is 15.9 Å². The number of carbonyl (C=O) groups excluding carboxylic acids is 2. The van der Waals surface area contributed by atoms with Gasteiger partial charge in [-0.25, -0.2) is 12.7 Å². The normalized spacial score (nSPS) is 21.9. The summed E-state index contributed by atoms with van der Waals surface area (Å²) in [4.78, 5) is 31.4. The molecule has 13 heteroatoms. The Bertz CT molecular complexity index is 1700. The van der Waals surface area contributed by atoms with E-state index in [4.69, 9.17) is 25.8 Å². The van der Waals surface area contributed by atoms with E-state index in [2.05, 4.69) is 0 Å². The largest absolute Gasteiger partial charge is 0.497 e. The number of fused-ring (bicyclic) bond motifs is 1. The van der Waals surface area contributed by atoms with Crippen LogP contribution in [-0.4, -0.2) is 89.3 Å². The molecule has 3 aromatic rings. The first-order valence-corrected chi connectivity index (χ1v) is 15.2. The summed E-state index contributed by atoms with van der Waals surface area (Å²) < 4.78 is 46.1. The maximum atomic E-state index is 15.2. The Morgan fingerprint density at radius 2 is 1.67 bits per heavy atom. The van der Waals surface area contributed by atoms with Crippen LogP contribution in [0.25, 0.3) is 0 Å². The number of halogens is 1. The number of anilines is 1. The summed E-state index contributed by atoms with van der Waals surface area (Å²) in [6.07, 6.45) is -0.959. The number of carbonyl (C=O) groups is 2. The number of methoxy groups -OCH3 is 3. The lowest BCUT2D eigenvalue weighted by Gasteiger charge is -2.42. The summed E-state index contributed by atoms with van der Waals surface area (Å²) >= 11 is 6.52. The molecule has 2 aliphatic heterocycles. The van der Waals surface area contributed by atoms with Gasteiger partial charge in [-0.05, 0) is 42.8 Å². The molecule has 2 amide bonds. The average molecular weight is 630 g/mol. The van der Waals surface area contributed by atoms with Gasteiger partial charge in [-0.2, -0.15) is 0 Å². The summed E-state index contributed by atoms with van der Waals surface area (Å²) in [6.45, 7) is -0.111. The summed E-state index contributed by atoms with van der Waals surface area (Å²) in [5, 5.41) is 11.2. The number of nitrogens with zero attached hydrogens (tertiary/aromatic N) is 3. The minimum atomic E-state index is -4.64. The number of likely N-dealkylation sites (N-methyl/N-ethyl adjacent to an activating group) is 1. The predicted octanol–water partition coefficient (Wildman–Crippen LogP) is 2.87. The van der Waals surface area contributed by atoms with Gasteiger partial charge in [-0.15, -0.1) is 0 Å². The lowest BCUT2D eigenvalue weighted by Crippen LogP contribution is -2.59. The summed E-state index contributed by atoms with van der Waals surface area (Å²) in [5.41, 5.74) is -1.39. The van der Waals surface area contributed by atoms with E-state index < -0.39 is 33.6 Å². The highest BCUT2D eigenvalue weighted by Gasteiger charge is 2.64. The van der Waals surface area contributed by atoms with Crippen molar-refractivity contribution >= 4 is 39.1 Å². The van der Waals surface area contributed by atoms with E-state index in [9.17, 15) is 18.3 Å². The fourth-order valence-electron chi connectivity index (χ4n) is 6.02. The first-order valence-electron chi connectivity index (χ1n) is 13.3. The van der Waals surface area contributed by atoms with E-state index >= 15 is 4.79 Å². The van der Waals surface area contributed by atoms with Crippen molar-refractivity contribution in [3.05, 3.63) is 76.8 Å². The molecule has 0 aromatic heterocycles. The van der Waals surface area contributed by atoms with Crippen molar-refractivity contribution in [2.75, 3.05) is 46.3 Å². The van der Waals surface area contributed by atoms with Crippen molar-refractivity contribution in [1.82, 2.24) is 9.80 Å². The number of sulfonamides is 1. The van der Waals surface area contributed by atoms with E-state index in [0.29, 0.717) is 5.75 Å². The quantitative estimate of drug-likeness (QED) is 0.400. The lowest BCUT2D eigenvalue weighted by atomic mass is 9.80. The zero-order valence-corrected chi connectivity index (χ0v) is 25.8. The molecular weight excluding hydrogens is 598 g/mol. The van der Waals surface area contributed by atoms with Crippen LogP contribution in [0.3, 0.4) is 0 Å². The van der Waals surface area contributed by atoms with Gasteiger partial charge < -0.3 is 24.2 Å². The first kappa shape index (κ1) is 30.6. The molecule has 0 spiro atoms. The topological polar surface area (TPSA) is 126 Å². The molecule has 11 nitrogen and oxygen atoms in total. The minimum Gasteiger partial charge on any atom is -0.497 e. The number of benzene rings is 3. The van der Waals surface area contributed by atoms with E-state index in [1.54, 1.807) is 43.3 Å². The Morgan fingerprint density at radius 3 is 2.33 bits per heavy atom. The lowest BCUT2D eigenvalue weighted by molar-refractivity contribution is -0.138. The molecule has 2 aliphatic rings. The predicted molar refractivity (Wildman–Crippen MR) is 159 cm³/mol. The summed E-state index contributed by atoms with van der Waals surface area (Å²) in [6, 6.07) is 14.3. The number of hydrogen-bond donors (Lipinski definition) is 1. The third-order valence-electron chi connectivity index (χ3n) is 7.88. The smallest absolute Gasteiger partial charge is 0.274 e. The van der Waals surface area contributed by atoms with Gasteiger partial charge in [0, 0.05) is 42.9 Å². The van der Waals surface area contributed by atoms with Crippen LogP contribution in [0.1, 0.15) is 17.5 Å². The summed E-state index contributed by atoms with van der Waals surface area (Å²) in [5.74, 6) is -0.650. The zero-order chi connectivity index (χ0) is 31.3. The molecule has 0 unspecified atom stereocenters. The van der Waals surface area contributed by atoms with Crippen molar-refractivity contribution < 1.29 is 37.3 Å². The molecule has 43 heavy (non-hydrogen) atoms. The van der Waals surface area contributed by atoms with Gasteiger partial charge >= 0.3 is 0 Å². The maximum absolute atomic E-state index is 15.2. The molecule has 0 saturated carbocycles. The molecule has 0 radical (unpaired) electrons. The third kappa shape index (κ3) is 4.69. The molecule has 1 N–H and O–H groups in total. The molecule has 0 aliphatic carbocycles. The highest BCUT2D eigenvalue weighted by atomic mass is 35.5. The summed E-state index contributed by atoms with van der Waals surface area (Å²) in [7, 11) is 2.70. The number of amides is 2. The maximum Gasteiger partial charge on any atom is 0.274 e. The van der Waals surface area contributed by atoms with Crippen molar-refractivity contribution in [2.24, 2.45) is 0 Å². The van der Waals surface area contributed by atoms with Gasteiger partial charge in [0.2, 0.25) is 5.91 Å². The van der Waals surface area contributed by atoms with Crippen LogP contribution < -0.4 is 18.5 Å². The number of rotatable bonds is 8. The Kier molecular flexibility index (Phi) is 8.07. The second-order valence-electron chi connectivity index (χ2n) is 10.5. The molecule has 228 valence electrons. The highest BCUT2D eigenvalue weighted by Crippen LogP contribution is 2.55. The SMILES string of the molecule is COc1ccc(S(=O)(=O)N2C(=O)[C@@](c3ccccc3OC)(N3C[C@@H](O)C[C@H]3C(=O)N(C)C)c3cc(Cl)ccc32)c(OC)c1. The Morgan fingerprint density at radius 1 is 0.977 bits per heavy atom. The van der Waals surface area contributed by atoms with Crippen LogP contribution in [0.15, 0.2) is 65.6 Å². The number of aliphatic hydroxyl groups excluding tert-OH is 1. The standard InChI is InChI=1S/C30H32ClN3O8S/c1-32(2)28(36)24-15-19(35)17-33(24)30(21-8-6-7-9-25(21)41-4)22-14-18(31)10-12-23(22)34(29(30)37)43(38,39)27-13-11-20(40-3)16-26(27)42-5/h6-14,16,19,24,35H,15,17H2,1-5H3/t19-,24-,30-/m0/s1. The van der Waals surface area contributed by atoms with Crippen LogP contribution in [0.2, 0.25) is 5.02 Å². The van der Waals surface area contributed by atoms with Gasteiger partial charge in [0.05, 0.1) is 39.2 Å². The molecular formula is C30H32ClN3O8S. The van der Waals surface area contributed by atoms with Crippen LogP contribution in [0.5, 0.6) is 17.2 Å². The van der Waals surface area contributed by atoms with Gasteiger partial charge in [0.15, 0.2) is 5.54 Å². The number of ether oxygens (including phenoxy) is 3. The van der Waals surface area contributed by atoms with Gasteiger partial charge in [-0.3, -0.25) is 14.5 Å². The fourth-order valence-corrected chi connectivity index (χ4v) is 7.80. The van der Waals surface area contributed by atoms with E-state index in [0.717, 1.165) is 4.31 Å². The highest BCUT2D eigenvalue weighted by molar-refractivity contribution is 7.93. The van der Waals surface area contributed by atoms with Crippen LogP contribution >= 0.6 is 11.6 Å². The third-order valence-corrected chi connectivity index (χ3v) is 9.85. The van der Waals surface area contributed by atoms with E-state index in [1.165, 1.54) is 62.6 Å². The van der Waals surface area contributed by atoms with Crippen LogP contribution in [-0.2, 0) is 25.2 Å². The molecule has 1 saturated heterocycles. The second kappa shape index (κ2) is 11.3. The molecule has 0 bridgehead atoms. The average Bonchev–Trinajstić information content (AvgIpc) is 3.50. The monoisotopic (exact) mass is 629 g/mol. The first-order chi connectivity index (χ1) is 20.4. The van der Waals surface area contributed by atoms with E-state index in [-0.39, 0.29) is 57.1 Å². The number of aliphatic hydroxyl groups is 1. The second-order valence-corrected chi connectivity index (χ2v) is 12.6. The Balaban J connectivity index is 1.86. The molecule has 5 rings (SSSR count). The van der Waals surface area contributed by atoms with Crippen molar-refractivity contribution in [2.45, 2.75) is 29.0 Å².